The van der Waals surface area contributed by atoms with Gasteiger partial charge in [0.25, 0.3) is 5.91 Å². The SMILES string of the molecule is Cc1cc(C)n(CCCNC(=O)c2cn(C/C=C/c3ccccc3)nn2)n1. The van der Waals surface area contributed by atoms with Gasteiger partial charge in [-0.25, -0.2) is 4.68 Å². The van der Waals surface area contributed by atoms with Crippen LogP contribution >= 0.6 is 0 Å². The summed E-state index contributed by atoms with van der Waals surface area (Å²) in [5.41, 5.74) is 3.59. The van der Waals surface area contributed by atoms with Gasteiger partial charge in [-0.1, -0.05) is 47.7 Å². The van der Waals surface area contributed by atoms with Crippen molar-refractivity contribution in [3.05, 3.63) is 71.3 Å². The molecule has 0 spiro atoms. The fourth-order valence-electron chi connectivity index (χ4n) is 2.78. The van der Waals surface area contributed by atoms with Crippen LogP contribution in [-0.2, 0) is 13.1 Å². The van der Waals surface area contributed by atoms with Crippen molar-refractivity contribution in [1.29, 1.82) is 0 Å². The maximum atomic E-state index is 12.2. The minimum Gasteiger partial charge on any atom is -0.351 e. The maximum Gasteiger partial charge on any atom is 0.273 e. The van der Waals surface area contributed by atoms with E-state index in [0.717, 1.165) is 29.9 Å². The van der Waals surface area contributed by atoms with E-state index >= 15 is 0 Å². The highest BCUT2D eigenvalue weighted by atomic mass is 16.2. The van der Waals surface area contributed by atoms with Gasteiger partial charge in [0, 0.05) is 18.8 Å². The molecule has 0 bridgehead atoms. The highest BCUT2D eigenvalue weighted by molar-refractivity contribution is 5.91. The van der Waals surface area contributed by atoms with Crippen molar-refractivity contribution >= 4 is 12.0 Å². The second-order valence-corrected chi connectivity index (χ2v) is 6.40. The lowest BCUT2D eigenvalue weighted by Crippen LogP contribution is -2.25. The number of hydrogen-bond donors (Lipinski definition) is 1. The van der Waals surface area contributed by atoms with Gasteiger partial charge >= 0.3 is 0 Å². The van der Waals surface area contributed by atoms with E-state index in [1.807, 2.05) is 67.1 Å². The molecule has 3 aromatic rings. The first kappa shape index (κ1) is 18.6. The van der Waals surface area contributed by atoms with E-state index in [1.165, 1.54) is 0 Å². The predicted molar refractivity (Wildman–Crippen MR) is 104 cm³/mol. The zero-order chi connectivity index (χ0) is 19.1. The number of carbonyl (C=O) groups is 1. The Hall–Kier alpha value is -3.22. The standard InChI is InChI=1S/C20H24N6O/c1-16-14-17(2)26(23-16)13-7-11-21-20(27)19-15-25(24-22-19)12-6-10-18-8-4-3-5-9-18/h3-6,8-10,14-15H,7,11-13H2,1-2H3,(H,21,27)/b10-6+. The van der Waals surface area contributed by atoms with Crippen LogP contribution in [-0.4, -0.2) is 37.2 Å². The Balaban J connectivity index is 1.42. The Morgan fingerprint density at radius 3 is 2.78 bits per heavy atom. The minimum atomic E-state index is -0.207. The molecular formula is C20H24N6O. The third kappa shape index (κ3) is 5.37. The molecule has 0 radical (unpaired) electrons. The second kappa shape index (κ2) is 8.93. The average Bonchev–Trinajstić information content (AvgIpc) is 3.26. The van der Waals surface area contributed by atoms with Crippen LogP contribution in [0.4, 0.5) is 0 Å². The predicted octanol–water partition coefficient (Wildman–Crippen LogP) is 2.62. The summed E-state index contributed by atoms with van der Waals surface area (Å²) in [5, 5.41) is 15.2. The van der Waals surface area contributed by atoms with Gasteiger partial charge in [0.05, 0.1) is 18.4 Å². The number of amides is 1. The summed E-state index contributed by atoms with van der Waals surface area (Å²) in [7, 11) is 0. The monoisotopic (exact) mass is 364 g/mol. The van der Waals surface area contributed by atoms with E-state index in [9.17, 15) is 4.79 Å². The maximum absolute atomic E-state index is 12.2. The molecule has 0 aliphatic rings. The van der Waals surface area contributed by atoms with Crippen LogP contribution < -0.4 is 5.32 Å². The number of allylic oxidation sites excluding steroid dienone is 1. The van der Waals surface area contributed by atoms with Gasteiger partial charge in [0.15, 0.2) is 5.69 Å². The molecule has 0 fully saturated rings. The number of rotatable bonds is 8. The molecule has 1 amide bonds. The van der Waals surface area contributed by atoms with Crippen molar-refractivity contribution in [2.45, 2.75) is 33.4 Å². The molecule has 7 heteroatoms. The Labute approximate surface area is 158 Å². The van der Waals surface area contributed by atoms with E-state index in [1.54, 1.807) is 10.9 Å². The quantitative estimate of drug-likeness (QED) is 0.623. The summed E-state index contributed by atoms with van der Waals surface area (Å²) in [6, 6.07) is 12.1. The zero-order valence-corrected chi connectivity index (χ0v) is 15.7. The summed E-state index contributed by atoms with van der Waals surface area (Å²) in [5.74, 6) is -0.207. The lowest BCUT2D eigenvalue weighted by Gasteiger charge is -2.05. The number of aromatic nitrogens is 5. The van der Waals surface area contributed by atoms with E-state index < -0.39 is 0 Å². The van der Waals surface area contributed by atoms with Crippen LogP contribution in [0, 0.1) is 13.8 Å². The molecule has 27 heavy (non-hydrogen) atoms. The van der Waals surface area contributed by atoms with Crippen molar-refractivity contribution in [1.82, 2.24) is 30.1 Å². The van der Waals surface area contributed by atoms with Gasteiger partial charge in [-0.05, 0) is 31.9 Å². The third-order valence-electron chi connectivity index (χ3n) is 4.11. The summed E-state index contributed by atoms with van der Waals surface area (Å²) in [4.78, 5) is 12.2. The number of nitrogens with zero attached hydrogens (tertiary/aromatic N) is 5. The lowest BCUT2D eigenvalue weighted by molar-refractivity contribution is 0.0947. The van der Waals surface area contributed by atoms with Crippen molar-refractivity contribution in [3.63, 3.8) is 0 Å². The molecule has 1 aromatic carbocycles. The topological polar surface area (TPSA) is 77.6 Å². The van der Waals surface area contributed by atoms with Gasteiger partial charge in [0.2, 0.25) is 0 Å². The summed E-state index contributed by atoms with van der Waals surface area (Å²) in [6.45, 7) is 5.91. The zero-order valence-electron chi connectivity index (χ0n) is 15.7. The molecule has 2 heterocycles. The molecule has 0 saturated heterocycles. The number of aryl methyl sites for hydroxylation is 3. The molecule has 1 N–H and O–H groups in total. The minimum absolute atomic E-state index is 0.207. The molecule has 3 rings (SSSR count). The van der Waals surface area contributed by atoms with Gasteiger partial charge in [-0.15, -0.1) is 5.10 Å². The fraction of sp³-hybridized carbons (Fsp3) is 0.300. The molecule has 140 valence electrons. The summed E-state index contributed by atoms with van der Waals surface area (Å²) >= 11 is 0. The highest BCUT2D eigenvalue weighted by Gasteiger charge is 2.09. The Morgan fingerprint density at radius 2 is 2.04 bits per heavy atom. The van der Waals surface area contributed by atoms with Crippen LogP contribution in [0.1, 0.15) is 33.9 Å². The average molecular weight is 364 g/mol. The first-order chi connectivity index (χ1) is 13.1. The van der Waals surface area contributed by atoms with Crippen molar-refractivity contribution in [2.24, 2.45) is 0 Å². The first-order valence-electron chi connectivity index (χ1n) is 9.03. The highest BCUT2D eigenvalue weighted by Crippen LogP contribution is 2.03. The molecule has 0 aliphatic heterocycles. The van der Waals surface area contributed by atoms with Crippen LogP contribution in [0.15, 0.2) is 48.7 Å². The van der Waals surface area contributed by atoms with Crippen LogP contribution in [0.2, 0.25) is 0 Å². The van der Waals surface area contributed by atoms with Crippen molar-refractivity contribution in [3.8, 4) is 0 Å². The lowest BCUT2D eigenvalue weighted by atomic mass is 10.2. The van der Waals surface area contributed by atoms with E-state index in [0.29, 0.717) is 18.8 Å². The van der Waals surface area contributed by atoms with Crippen LogP contribution in [0.5, 0.6) is 0 Å². The van der Waals surface area contributed by atoms with Crippen LogP contribution in [0.25, 0.3) is 6.08 Å². The Kier molecular flexibility index (Phi) is 6.14. The molecule has 0 saturated carbocycles. The number of carbonyl (C=O) groups excluding carboxylic acids is 1. The summed E-state index contributed by atoms with van der Waals surface area (Å²) < 4.78 is 3.60. The largest absolute Gasteiger partial charge is 0.351 e. The van der Waals surface area contributed by atoms with Gasteiger partial charge < -0.3 is 5.32 Å². The molecule has 0 atom stereocenters. The van der Waals surface area contributed by atoms with Crippen LogP contribution in [0.3, 0.4) is 0 Å². The Bertz CT molecular complexity index is 910. The fourth-order valence-corrected chi connectivity index (χ4v) is 2.78. The molecule has 2 aromatic heterocycles. The number of nitrogens with one attached hydrogen (secondary N) is 1. The Morgan fingerprint density at radius 1 is 1.22 bits per heavy atom. The molecule has 0 aliphatic carbocycles. The van der Waals surface area contributed by atoms with E-state index in [2.05, 4.69) is 20.7 Å². The second-order valence-electron chi connectivity index (χ2n) is 6.40. The molecule has 7 nitrogen and oxygen atoms in total. The summed E-state index contributed by atoms with van der Waals surface area (Å²) in [6.07, 6.45) is 6.47. The van der Waals surface area contributed by atoms with Gasteiger partial charge in [-0.3, -0.25) is 9.48 Å². The number of hydrogen-bond acceptors (Lipinski definition) is 4. The van der Waals surface area contributed by atoms with E-state index in [4.69, 9.17) is 0 Å². The first-order valence-corrected chi connectivity index (χ1v) is 9.03. The number of benzene rings is 1. The molecule has 0 unspecified atom stereocenters. The van der Waals surface area contributed by atoms with Crippen molar-refractivity contribution < 1.29 is 4.79 Å². The van der Waals surface area contributed by atoms with Crippen molar-refractivity contribution in [2.75, 3.05) is 6.54 Å². The van der Waals surface area contributed by atoms with E-state index in [-0.39, 0.29) is 5.91 Å². The molecular weight excluding hydrogens is 340 g/mol. The smallest absolute Gasteiger partial charge is 0.273 e. The van der Waals surface area contributed by atoms with Gasteiger partial charge in [0.1, 0.15) is 0 Å². The normalized spacial score (nSPS) is 11.2. The third-order valence-corrected chi connectivity index (χ3v) is 4.11. The van der Waals surface area contributed by atoms with Gasteiger partial charge in [-0.2, -0.15) is 5.10 Å².